The Morgan fingerprint density at radius 1 is 0.429 bits per heavy atom. The lowest BCUT2D eigenvalue weighted by molar-refractivity contribution is 0.669. The van der Waals surface area contributed by atoms with Crippen LogP contribution in [0.2, 0.25) is 0 Å². The van der Waals surface area contributed by atoms with Crippen LogP contribution in [-0.4, -0.2) is 15.0 Å². The van der Waals surface area contributed by atoms with Crippen LogP contribution < -0.4 is 0 Å². The first kappa shape index (κ1) is 32.5. The Morgan fingerprint density at radius 2 is 1.04 bits per heavy atom. The Hall–Kier alpha value is -6.95. The molecular weight excluding hydrogens is 703 g/mol. The molecule has 10 aromatic rings. The molecule has 5 heteroatoms. The molecule has 0 saturated carbocycles. The Labute approximate surface area is 327 Å². The highest BCUT2D eigenvalue weighted by Crippen LogP contribution is 2.46. The summed E-state index contributed by atoms with van der Waals surface area (Å²) in [6, 6.07) is 55.3. The second-order valence-corrected chi connectivity index (χ2v) is 15.3. The molecular formula is C51H33N3OS. The van der Waals surface area contributed by atoms with Crippen molar-refractivity contribution >= 4 is 59.0 Å². The molecule has 0 atom stereocenters. The average molecular weight is 736 g/mol. The quantitative estimate of drug-likeness (QED) is 0.171. The number of furan rings is 1. The third kappa shape index (κ3) is 5.55. The van der Waals surface area contributed by atoms with Gasteiger partial charge in [0, 0.05) is 53.2 Å². The predicted molar refractivity (Wildman–Crippen MR) is 234 cm³/mol. The van der Waals surface area contributed by atoms with Crippen LogP contribution >= 0.6 is 11.3 Å². The predicted octanol–water partition coefficient (Wildman–Crippen LogP) is 14.2. The number of benzene rings is 7. The molecule has 11 rings (SSSR count). The first-order chi connectivity index (χ1) is 27.7. The maximum atomic E-state index is 6.28. The van der Waals surface area contributed by atoms with Gasteiger partial charge in [-0.3, -0.25) is 0 Å². The van der Waals surface area contributed by atoms with Crippen molar-refractivity contribution in [2.75, 3.05) is 0 Å². The lowest BCUT2D eigenvalue weighted by atomic mass is 9.91. The zero-order valence-corrected chi connectivity index (χ0v) is 31.1. The number of rotatable bonds is 6. The highest BCUT2D eigenvalue weighted by atomic mass is 32.1. The van der Waals surface area contributed by atoms with E-state index in [4.69, 9.17) is 19.4 Å². The SMILES string of the molecule is C1=CCCC(c2cccc3c2sc2c(-c4ccc(-c5nc(-c6ccccc6)nc(-c6ccc7c(c6)oc6ccccc67)n5)cc4-c4ccccc4)cccc23)=C1. The van der Waals surface area contributed by atoms with Crippen molar-refractivity contribution in [2.45, 2.75) is 12.8 Å². The Morgan fingerprint density at radius 3 is 1.79 bits per heavy atom. The van der Waals surface area contributed by atoms with Crippen molar-refractivity contribution in [1.29, 1.82) is 0 Å². The summed E-state index contributed by atoms with van der Waals surface area (Å²) in [5.74, 6) is 1.83. The van der Waals surface area contributed by atoms with Crippen LogP contribution in [0.15, 0.2) is 180 Å². The third-order valence-corrected chi connectivity index (χ3v) is 12.1. The minimum Gasteiger partial charge on any atom is -0.456 e. The zero-order valence-electron chi connectivity index (χ0n) is 30.3. The summed E-state index contributed by atoms with van der Waals surface area (Å²) in [5, 5.41) is 4.76. The Balaban J connectivity index is 1.10. The molecule has 3 aromatic heterocycles. The standard InChI is InChI=1S/C51H33N3OS/c1-4-14-32(15-5-1)37-21-12-23-42-43-24-13-22-41(48(43)56-47(37)42)38-28-26-35(30-44(38)33-16-6-2-7-17-33)50-52-49(34-18-8-3-9-19-34)53-51(54-50)36-27-29-40-39-20-10-11-25-45(39)55-46(40)31-36/h1-4,6-14,16-31H,5,15H2. The van der Waals surface area contributed by atoms with Crippen LogP contribution in [-0.2, 0) is 0 Å². The monoisotopic (exact) mass is 735 g/mol. The fourth-order valence-electron chi connectivity index (χ4n) is 8.10. The fourth-order valence-corrected chi connectivity index (χ4v) is 9.48. The third-order valence-electron chi connectivity index (χ3n) is 10.8. The summed E-state index contributed by atoms with van der Waals surface area (Å²) >= 11 is 1.90. The van der Waals surface area contributed by atoms with Gasteiger partial charge in [-0.2, -0.15) is 0 Å². The topological polar surface area (TPSA) is 51.8 Å². The van der Waals surface area contributed by atoms with Crippen LogP contribution in [0.1, 0.15) is 18.4 Å². The van der Waals surface area contributed by atoms with Gasteiger partial charge in [0.2, 0.25) is 0 Å². The second-order valence-electron chi connectivity index (χ2n) is 14.2. The number of nitrogens with zero attached hydrogens (tertiary/aromatic N) is 3. The molecule has 0 saturated heterocycles. The van der Waals surface area contributed by atoms with Gasteiger partial charge in [-0.05, 0) is 64.9 Å². The minimum absolute atomic E-state index is 0.593. The van der Waals surface area contributed by atoms with Gasteiger partial charge in [0.25, 0.3) is 0 Å². The highest BCUT2D eigenvalue weighted by Gasteiger charge is 2.20. The molecule has 0 N–H and O–H groups in total. The van der Waals surface area contributed by atoms with E-state index < -0.39 is 0 Å². The van der Waals surface area contributed by atoms with Gasteiger partial charge in [0.15, 0.2) is 17.5 Å². The zero-order chi connectivity index (χ0) is 37.0. The number of thiophene rings is 1. The van der Waals surface area contributed by atoms with E-state index >= 15 is 0 Å². The number of para-hydroxylation sites is 1. The fraction of sp³-hybridized carbons (Fsp3) is 0.0392. The Bertz CT molecular complexity index is 3190. The molecule has 0 amide bonds. The molecule has 0 radical (unpaired) electrons. The molecule has 1 aliphatic carbocycles. The van der Waals surface area contributed by atoms with E-state index in [0.29, 0.717) is 17.5 Å². The van der Waals surface area contributed by atoms with E-state index in [-0.39, 0.29) is 0 Å². The molecule has 0 aliphatic heterocycles. The number of hydrogen-bond donors (Lipinski definition) is 0. The van der Waals surface area contributed by atoms with Gasteiger partial charge in [0.05, 0.1) is 0 Å². The first-order valence-corrected chi connectivity index (χ1v) is 19.8. The molecule has 0 fully saturated rings. The first-order valence-electron chi connectivity index (χ1n) is 19.0. The number of allylic oxidation sites excluding steroid dienone is 4. The largest absolute Gasteiger partial charge is 0.456 e. The van der Waals surface area contributed by atoms with Gasteiger partial charge in [-0.15, -0.1) is 11.3 Å². The summed E-state index contributed by atoms with van der Waals surface area (Å²) < 4.78 is 8.92. The van der Waals surface area contributed by atoms with Crippen LogP contribution in [0, 0.1) is 0 Å². The number of aromatic nitrogens is 3. The smallest absolute Gasteiger partial charge is 0.164 e. The summed E-state index contributed by atoms with van der Waals surface area (Å²) in [6.45, 7) is 0. The number of fused-ring (bicyclic) bond motifs is 6. The minimum atomic E-state index is 0.593. The van der Waals surface area contributed by atoms with Crippen molar-refractivity contribution in [3.05, 3.63) is 182 Å². The molecule has 7 aromatic carbocycles. The van der Waals surface area contributed by atoms with Gasteiger partial charge < -0.3 is 4.42 Å². The molecule has 0 bridgehead atoms. The molecule has 0 spiro atoms. The highest BCUT2D eigenvalue weighted by molar-refractivity contribution is 7.26. The molecule has 264 valence electrons. The van der Waals surface area contributed by atoms with E-state index in [9.17, 15) is 0 Å². The van der Waals surface area contributed by atoms with Gasteiger partial charge in [0.1, 0.15) is 11.2 Å². The van der Waals surface area contributed by atoms with E-state index in [1.165, 1.54) is 42.4 Å². The van der Waals surface area contributed by atoms with Crippen LogP contribution in [0.4, 0.5) is 0 Å². The average Bonchev–Trinajstić information content (AvgIpc) is 3.85. The van der Waals surface area contributed by atoms with E-state index in [0.717, 1.165) is 62.6 Å². The van der Waals surface area contributed by atoms with E-state index in [2.05, 4.69) is 121 Å². The van der Waals surface area contributed by atoms with Crippen LogP contribution in [0.5, 0.6) is 0 Å². The second kappa shape index (κ2) is 13.4. The maximum absolute atomic E-state index is 6.28. The molecule has 3 heterocycles. The summed E-state index contributed by atoms with van der Waals surface area (Å²) in [4.78, 5) is 15.3. The van der Waals surface area contributed by atoms with Gasteiger partial charge in [-0.25, -0.2) is 15.0 Å². The van der Waals surface area contributed by atoms with Crippen molar-refractivity contribution in [1.82, 2.24) is 15.0 Å². The normalized spacial score (nSPS) is 12.9. The Kier molecular flexibility index (Phi) is 7.78. The summed E-state index contributed by atoms with van der Waals surface area (Å²) in [7, 11) is 0. The van der Waals surface area contributed by atoms with E-state index in [1.54, 1.807) is 0 Å². The van der Waals surface area contributed by atoms with Crippen molar-refractivity contribution in [2.24, 2.45) is 0 Å². The van der Waals surface area contributed by atoms with E-state index in [1.807, 2.05) is 65.9 Å². The lowest BCUT2D eigenvalue weighted by Crippen LogP contribution is -2.00. The lowest BCUT2D eigenvalue weighted by Gasteiger charge is -2.14. The molecule has 1 aliphatic rings. The molecule has 4 nitrogen and oxygen atoms in total. The number of hydrogen-bond acceptors (Lipinski definition) is 5. The van der Waals surface area contributed by atoms with Crippen LogP contribution in [0.3, 0.4) is 0 Å². The molecule has 56 heavy (non-hydrogen) atoms. The maximum Gasteiger partial charge on any atom is 0.164 e. The van der Waals surface area contributed by atoms with Crippen LogP contribution in [0.25, 0.3) is 104 Å². The summed E-state index contributed by atoms with van der Waals surface area (Å²) in [5.41, 5.74) is 11.8. The van der Waals surface area contributed by atoms with Crippen molar-refractivity contribution in [3.8, 4) is 56.4 Å². The van der Waals surface area contributed by atoms with Gasteiger partial charge in [-0.1, -0.05) is 152 Å². The van der Waals surface area contributed by atoms with Crippen molar-refractivity contribution in [3.63, 3.8) is 0 Å². The summed E-state index contributed by atoms with van der Waals surface area (Å²) in [6.07, 6.45) is 8.88. The van der Waals surface area contributed by atoms with Crippen molar-refractivity contribution < 1.29 is 4.42 Å². The molecule has 0 unspecified atom stereocenters. The van der Waals surface area contributed by atoms with Gasteiger partial charge >= 0.3 is 0 Å².